The second kappa shape index (κ2) is 8.24. The zero-order valence-electron chi connectivity index (χ0n) is 16.8. The maximum absolute atomic E-state index is 12.8. The average Bonchev–Trinajstić information content (AvgIpc) is 2.79. The molecule has 1 aromatic carbocycles. The first-order valence-electron chi connectivity index (χ1n) is 8.78. The molecule has 0 bridgehead atoms. The van der Waals surface area contributed by atoms with Gasteiger partial charge in [0, 0.05) is 6.20 Å². The van der Waals surface area contributed by atoms with E-state index in [1.807, 2.05) is 6.07 Å². The van der Waals surface area contributed by atoms with Gasteiger partial charge in [-0.15, -0.1) is 0 Å². The molecule has 9 heteroatoms. The van der Waals surface area contributed by atoms with Crippen LogP contribution in [0.15, 0.2) is 52.9 Å². The summed E-state index contributed by atoms with van der Waals surface area (Å²) in [6.45, 7) is 0. The van der Waals surface area contributed by atoms with Crippen molar-refractivity contribution in [2.45, 2.75) is 6.04 Å². The van der Waals surface area contributed by atoms with Crippen molar-refractivity contribution in [2.24, 2.45) is 0 Å². The lowest BCUT2D eigenvalue weighted by Crippen LogP contribution is -2.41. The van der Waals surface area contributed by atoms with Gasteiger partial charge in [0.1, 0.15) is 11.3 Å². The third-order valence-electron chi connectivity index (χ3n) is 4.83. The first-order chi connectivity index (χ1) is 14.4. The number of carbonyl (C=O) groups is 4. The number of esters is 4. The van der Waals surface area contributed by atoms with Crippen LogP contribution in [0.25, 0.3) is 6.08 Å². The van der Waals surface area contributed by atoms with Crippen molar-refractivity contribution < 1.29 is 38.1 Å². The lowest BCUT2D eigenvalue weighted by Gasteiger charge is -2.40. The number of hydrogen-bond acceptors (Lipinski definition) is 9. The van der Waals surface area contributed by atoms with E-state index in [0.717, 1.165) is 34.0 Å². The van der Waals surface area contributed by atoms with Crippen molar-refractivity contribution in [3.63, 3.8) is 0 Å². The van der Waals surface area contributed by atoms with Gasteiger partial charge in [0.25, 0.3) is 0 Å². The molecule has 2 heterocycles. The van der Waals surface area contributed by atoms with Crippen LogP contribution >= 0.6 is 0 Å². The fraction of sp³-hybridized carbons (Fsp3) is 0.238. The fourth-order valence-electron chi connectivity index (χ4n) is 3.57. The summed E-state index contributed by atoms with van der Waals surface area (Å²) in [5.74, 6) is -3.76. The number of ether oxygens (including phenoxy) is 4. The van der Waals surface area contributed by atoms with Gasteiger partial charge in [-0.1, -0.05) is 24.3 Å². The number of carbonyl (C=O) groups excluding carboxylic acids is 4. The Morgan fingerprint density at radius 1 is 0.767 bits per heavy atom. The second-order valence-electron chi connectivity index (χ2n) is 6.23. The summed E-state index contributed by atoms with van der Waals surface area (Å²) >= 11 is 0. The summed E-state index contributed by atoms with van der Waals surface area (Å²) in [6, 6.07) is 6.18. The first-order valence-corrected chi connectivity index (χ1v) is 8.78. The molecule has 9 nitrogen and oxygen atoms in total. The minimum atomic E-state index is -1.01. The molecular weight excluding hydrogens is 394 g/mol. The summed E-state index contributed by atoms with van der Waals surface area (Å²) in [5.41, 5.74) is 0.101. The van der Waals surface area contributed by atoms with Crippen molar-refractivity contribution in [1.29, 1.82) is 0 Å². The zero-order valence-corrected chi connectivity index (χ0v) is 16.8. The molecule has 0 aromatic heterocycles. The highest BCUT2D eigenvalue weighted by Crippen LogP contribution is 2.46. The molecule has 0 unspecified atom stereocenters. The standard InChI is InChI=1S/C21H19NO8/c1-27-18(23)13-14(19(24)28-2)16-12-8-6-5-7-11(12)9-10-22(16)17(21(26)30-4)15(13)20(25)29-3/h5-10,16H,1-4H3/t16-/m0/s1. The Labute approximate surface area is 172 Å². The zero-order chi connectivity index (χ0) is 22.0. The molecule has 0 radical (unpaired) electrons. The highest BCUT2D eigenvalue weighted by atomic mass is 16.5. The minimum absolute atomic E-state index is 0.158. The van der Waals surface area contributed by atoms with E-state index in [-0.39, 0.29) is 11.3 Å². The summed E-state index contributed by atoms with van der Waals surface area (Å²) in [7, 11) is 4.47. The smallest absolute Gasteiger partial charge is 0.355 e. The van der Waals surface area contributed by atoms with Gasteiger partial charge in [-0.2, -0.15) is 0 Å². The van der Waals surface area contributed by atoms with Crippen LogP contribution in [0.1, 0.15) is 17.2 Å². The van der Waals surface area contributed by atoms with E-state index in [4.69, 9.17) is 18.9 Å². The number of hydrogen-bond donors (Lipinski definition) is 0. The van der Waals surface area contributed by atoms with E-state index in [2.05, 4.69) is 0 Å². The number of rotatable bonds is 4. The van der Waals surface area contributed by atoms with Crippen LogP contribution < -0.4 is 0 Å². The fourth-order valence-corrected chi connectivity index (χ4v) is 3.57. The number of benzene rings is 1. The van der Waals surface area contributed by atoms with E-state index in [1.54, 1.807) is 24.3 Å². The van der Waals surface area contributed by atoms with E-state index in [0.29, 0.717) is 5.56 Å². The molecule has 0 amide bonds. The predicted octanol–water partition coefficient (Wildman–Crippen LogP) is 1.27. The summed E-state index contributed by atoms with van der Waals surface area (Å²) < 4.78 is 19.4. The van der Waals surface area contributed by atoms with E-state index in [1.165, 1.54) is 11.1 Å². The van der Waals surface area contributed by atoms with E-state index >= 15 is 0 Å². The molecule has 0 saturated carbocycles. The Morgan fingerprint density at radius 2 is 1.33 bits per heavy atom. The largest absolute Gasteiger partial charge is 0.466 e. The predicted molar refractivity (Wildman–Crippen MR) is 102 cm³/mol. The van der Waals surface area contributed by atoms with E-state index in [9.17, 15) is 19.2 Å². The van der Waals surface area contributed by atoms with Crippen molar-refractivity contribution >= 4 is 30.0 Å². The molecule has 0 spiro atoms. The third-order valence-corrected chi connectivity index (χ3v) is 4.83. The third kappa shape index (κ3) is 3.14. The summed E-state index contributed by atoms with van der Waals surface area (Å²) in [6.07, 6.45) is 3.24. The van der Waals surface area contributed by atoms with Crippen LogP contribution in [0.3, 0.4) is 0 Å². The molecule has 30 heavy (non-hydrogen) atoms. The van der Waals surface area contributed by atoms with Gasteiger partial charge < -0.3 is 23.8 Å². The topological polar surface area (TPSA) is 108 Å². The Bertz CT molecular complexity index is 1030. The average molecular weight is 413 g/mol. The molecular formula is C21H19NO8. The first kappa shape index (κ1) is 20.8. The van der Waals surface area contributed by atoms with Gasteiger partial charge in [0.2, 0.25) is 0 Å². The quantitative estimate of drug-likeness (QED) is 0.532. The molecule has 2 aliphatic rings. The van der Waals surface area contributed by atoms with Crippen LogP contribution in [0.2, 0.25) is 0 Å². The lowest BCUT2D eigenvalue weighted by atomic mass is 9.81. The Hall–Kier alpha value is -3.88. The molecule has 3 rings (SSSR count). The van der Waals surface area contributed by atoms with Crippen LogP contribution in [0.5, 0.6) is 0 Å². The number of nitrogens with zero attached hydrogens (tertiary/aromatic N) is 1. The lowest BCUT2D eigenvalue weighted by molar-refractivity contribution is -0.143. The van der Waals surface area contributed by atoms with Gasteiger partial charge in [-0.25, -0.2) is 19.2 Å². The van der Waals surface area contributed by atoms with Gasteiger partial charge in [-0.3, -0.25) is 0 Å². The highest BCUT2D eigenvalue weighted by Gasteiger charge is 2.47. The molecule has 1 atom stereocenters. The SMILES string of the molecule is COC(=O)C1=C(C(=O)OC)[C@@H]2c3ccccc3C=CN2C(C(=O)OC)=C1C(=O)OC. The molecule has 0 fully saturated rings. The Balaban J connectivity index is 2.48. The Kier molecular flexibility index (Phi) is 5.72. The summed E-state index contributed by atoms with van der Waals surface area (Å²) in [4.78, 5) is 52.4. The van der Waals surface area contributed by atoms with Gasteiger partial charge >= 0.3 is 23.9 Å². The van der Waals surface area contributed by atoms with Crippen molar-refractivity contribution in [2.75, 3.05) is 28.4 Å². The van der Waals surface area contributed by atoms with Crippen LogP contribution in [0, 0.1) is 0 Å². The monoisotopic (exact) mass is 413 g/mol. The molecule has 1 aromatic rings. The normalized spacial score (nSPS) is 17.1. The molecule has 156 valence electrons. The van der Waals surface area contributed by atoms with Crippen molar-refractivity contribution in [1.82, 2.24) is 4.90 Å². The minimum Gasteiger partial charge on any atom is -0.466 e. The Morgan fingerprint density at radius 3 is 1.93 bits per heavy atom. The molecule has 0 aliphatic carbocycles. The van der Waals surface area contributed by atoms with Crippen molar-refractivity contribution in [3.05, 3.63) is 64.0 Å². The van der Waals surface area contributed by atoms with Gasteiger partial charge in [0.05, 0.1) is 45.6 Å². The van der Waals surface area contributed by atoms with Crippen LogP contribution in [-0.2, 0) is 38.1 Å². The van der Waals surface area contributed by atoms with Gasteiger partial charge in [-0.05, 0) is 17.2 Å². The maximum Gasteiger partial charge on any atom is 0.355 e. The van der Waals surface area contributed by atoms with Crippen molar-refractivity contribution in [3.8, 4) is 0 Å². The second-order valence-corrected chi connectivity index (χ2v) is 6.23. The van der Waals surface area contributed by atoms with Gasteiger partial charge in [0.15, 0.2) is 0 Å². The summed E-state index contributed by atoms with van der Waals surface area (Å²) in [5, 5.41) is 0. The molecule has 0 N–H and O–H groups in total. The van der Waals surface area contributed by atoms with E-state index < -0.39 is 41.1 Å². The molecule has 0 saturated heterocycles. The maximum atomic E-state index is 12.8. The number of methoxy groups -OCH3 is 4. The highest BCUT2D eigenvalue weighted by molar-refractivity contribution is 6.16. The number of fused-ring (bicyclic) bond motifs is 3. The molecule has 2 aliphatic heterocycles. The van der Waals surface area contributed by atoms with Crippen LogP contribution in [-0.4, -0.2) is 57.2 Å². The van der Waals surface area contributed by atoms with Crippen LogP contribution in [0.4, 0.5) is 0 Å².